The van der Waals surface area contributed by atoms with Crippen LogP contribution in [-0.4, -0.2) is 17.9 Å². The van der Waals surface area contributed by atoms with Crippen LogP contribution in [0.25, 0.3) is 0 Å². The molecule has 0 aliphatic rings. The molecule has 0 aliphatic heterocycles. The third-order valence-corrected chi connectivity index (χ3v) is 4.01. The fourth-order valence-corrected chi connectivity index (χ4v) is 2.46. The Bertz CT molecular complexity index is 815. The Morgan fingerprint density at radius 1 is 1.00 bits per heavy atom. The van der Waals surface area contributed by atoms with Crippen molar-refractivity contribution in [1.29, 1.82) is 0 Å². The first-order valence-corrected chi connectivity index (χ1v) is 8.43. The van der Waals surface area contributed by atoms with Gasteiger partial charge in [0.05, 0.1) is 5.56 Å². The van der Waals surface area contributed by atoms with E-state index in [1.54, 1.807) is 38.1 Å². The number of anilines is 1. The molecule has 1 unspecified atom stereocenters. The Hall–Kier alpha value is -2.83. The van der Waals surface area contributed by atoms with Gasteiger partial charge in [0.1, 0.15) is 6.04 Å². The molecule has 0 spiro atoms. The normalized spacial score (nSPS) is 12.6. The van der Waals surface area contributed by atoms with Gasteiger partial charge in [-0.1, -0.05) is 37.6 Å². The molecule has 2 aromatic rings. The Morgan fingerprint density at radius 2 is 1.63 bits per heavy atom. The molecule has 0 radical (unpaired) electrons. The molecule has 27 heavy (non-hydrogen) atoms. The molecule has 0 saturated heterocycles. The summed E-state index contributed by atoms with van der Waals surface area (Å²) in [6.45, 7) is 5.37. The van der Waals surface area contributed by atoms with Crippen LogP contribution in [0.3, 0.4) is 0 Å². The minimum atomic E-state index is -4.50. The van der Waals surface area contributed by atoms with E-state index in [1.807, 2.05) is 6.92 Å². The Balaban J connectivity index is 2.13. The molecular weight excluding hydrogens is 357 g/mol. The van der Waals surface area contributed by atoms with Crippen molar-refractivity contribution in [2.24, 2.45) is 5.92 Å². The summed E-state index contributed by atoms with van der Waals surface area (Å²) < 4.78 is 38.4. The molecule has 0 aliphatic carbocycles. The summed E-state index contributed by atoms with van der Waals surface area (Å²) in [5, 5.41) is 5.09. The molecule has 4 nitrogen and oxygen atoms in total. The average molecular weight is 378 g/mol. The van der Waals surface area contributed by atoms with Crippen LogP contribution in [0.4, 0.5) is 18.9 Å². The van der Waals surface area contributed by atoms with Crippen molar-refractivity contribution in [3.8, 4) is 0 Å². The lowest BCUT2D eigenvalue weighted by Gasteiger charge is -2.22. The lowest BCUT2D eigenvalue weighted by atomic mass is 10.0. The van der Waals surface area contributed by atoms with Gasteiger partial charge in [0, 0.05) is 11.3 Å². The summed E-state index contributed by atoms with van der Waals surface area (Å²) in [4.78, 5) is 24.9. The number of hydrogen-bond donors (Lipinski definition) is 2. The van der Waals surface area contributed by atoms with Crippen LogP contribution in [0.15, 0.2) is 48.5 Å². The summed E-state index contributed by atoms with van der Waals surface area (Å²) in [5.74, 6) is -1.26. The van der Waals surface area contributed by atoms with E-state index in [1.165, 1.54) is 12.1 Å². The smallest absolute Gasteiger partial charge is 0.340 e. The monoisotopic (exact) mass is 378 g/mol. The fourth-order valence-electron chi connectivity index (χ4n) is 2.46. The van der Waals surface area contributed by atoms with Crippen molar-refractivity contribution < 1.29 is 22.8 Å². The van der Waals surface area contributed by atoms with Gasteiger partial charge in [-0.2, -0.15) is 13.2 Å². The quantitative estimate of drug-likeness (QED) is 0.810. The third-order valence-electron chi connectivity index (χ3n) is 4.01. The summed E-state index contributed by atoms with van der Waals surface area (Å²) in [6, 6.07) is 10.3. The summed E-state index contributed by atoms with van der Waals surface area (Å²) in [5.41, 5.74) is 0.558. The van der Waals surface area contributed by atoms with Crippen molar-refractivity contribution in [2.45, 2.75) is 33.0 Å². The number of carbonyl (C=O) groups is 2. The number of aryl methyl sites for hydroxylation is 1. The molecular formula is C20H21F3N2O2. The molecule has 0 aromatic heterocycles. The van der Waals surface area contributed by atoms with E-state index in [0.29, 0.717) is 5.56 Å². The molecule has 0 heterocycles. The lowest BCUT2D eigenvalue weighted by Crippen LogP contribution is -2.47. The van der Waals surface area contributed by atoms with Crippen LogP contribution >= 0.6 is 0 Å². The zero-order valence-corrected chi connectivity index (χ0v) is 15.2. The van der Waals surface area contributed by atoms with Crippen molar-refractivity contribution in [3.05, 3.63) is 65.2 Å². The standard InChI is InChI=1S/C20H21F3N2O2/c1-12(2)17(25-18(26)14-9-7-13(3)8-10-14)19(27)24-16-6-4-5-15(11-16)20(21,22)23/h4-12,17H,1-3H3,(H,24,27)(H,25,26). The zero-order valence-electron chi connectivity index (χ0n) is 15.2. The van der Waals surface area contributed by atoms with Crippen LogP contribution in [0.1, 0.15) is 35.3 Å². The van der Waals surface area contributed by atoms with Gasteiger partial charge in [0.2, 0.25) is 5.91 Å². The number of alkyl halides is 3. The average Bonchev–Trinajstić information content (AvgIpc) is 2.59. The highest BCUT2D eigenvalue weighted by Crippen LogP contribution is 2.30. The predicted molar refractivity (Wildman–Crippen MR) is 97.3 cm³/mol. The first kappa shape index (κ1) is 20.5. The van der Waals surface area contributed by atoms with Gasteiger partial charge < -0.3 is 10.6 Å². The van der Waals surface area contributed by atoms with E-state index in [4.69, 9.17) is 0 Å². The molecule has 0 fully saturated rings. The molecule has 0 bridgehead atoms. The second kappa shape index (κ2) is 8.24. The molecule has 2 amide bonds. The molecule has 2 aromatic carbocycles. The molecule has 2 N–H and O–H groups in total. The Morgan fingerprint density at radius 3 is 2.19 bits per heavy atom. The van der Waals surface area contributed by atoms with Crippen LogP contribution in [0.5, 0.6) is 0 Å². The van der Waals surface area contributed by atoms with Gasteiger partial charge in [-0.15, -0.1) is 0 Å². The molecule has 1 atom stereocenters. The highest BCUT2D eigenvalue weighted by Gasteiger charge is 2.31. The maximum Gasteiger partial charge on any atom is 0.416 e. The van der Waals surface area contributed by atoms with Gasteiger partial charge in [0.15, 0.2) is 0 Å². The van der Waals surface area contributed by atoms with Crippen molar-refractivity contribution >= 4 is 17.5 Å². The number of carbonyl (C=O) groups excluding carboxylic acids is 2. The van der Waals surface area contributed by atoms with Crippen LogP contribution in [0.2, 0.25) is 0 Å². The number of nitrogens with one attached hydrogen (secondary N) is 2. The molecule has 0 saturated carbocycles. The van der Waals surface area contributed by atoms with E-state index in [-0.39, 0.29) is 11.6 Å². The first-order valence-electron chi connectivity index (χ1n) is 8.43. The summed E-state index contributed by atoms with van der Waals surface area (Å²) in [7, 11) is 0. The second-order valence-electron chi connectivity index (χ2n) is 6.63. The van der Waals surface area contributed by atoms with E-state index >= 15 is 0 Å². The maximum atomic E-state index is 12.8. The first-order chi connectivity index (χ1) is 12.6. The summed E-state index contributed by atoms with van der Waals surface area (Å²) >= 11 is 0. The van der Waals surface area contributed by atoms with Crippen molar-refractivity contribution in [2.75, 3.05) is 5.32 Å². The fraction of sp³-hybridized carbons (Fsp3) is 0.300. The molecule has 7 heteroatoms. The highest BCUT2D eigenvalue weighted by atomic mass is 19.4. The maximum absolute atomic E-state index is 12.8. The number of rotatable bonds is 5. The van der Waals surface area contributed by atoms with Gasteiger partial charge in [-0.25, -0.2) is 0 Å². The molecule has 2 rings (SSSR count). The number of benzene rings is 2. The Kier molecular flexibility index (Phi) is 6.25. The van der Waals surface area contributed by atoms with Crippen molar-refractivity contribution in [1.82, 2.24) is 5.32 Å². The Labute approximate surface area is 155 Å². The van der Waals surface area contributed by atoms with E-state index in [2.05, 4.69) is 10.6 Å². The largest absolute Gasteiger partial charge is 0.416 e. The predicted octanol–water partition coefficient (Wildman–Crippen LogP) is 4.41. The number of amides is 2. The van der Waals surface area contributed by atoms with Crippen LogP contribution < -0.4 is 10.6 Å². The zero-order chi connectivity index (χ0) is 20.2. The van der Waals surface area contributed by atoms with E-state index in [9.17, 15) is 22.8 Å². The number of hydrogen-bond acceptors (Lipinski definition) is 2. The lowest BCUT2D eigenvalue weighted by molar-refractivity contribution is -0.137. The van der Waals surface area contributed by atoms with Gasteiger partial charge in [-0.3, -0.25) is 9.59 Å². The topological polar surface area (TPSA) is 58.2 Å². The van der Waals surface area contributed by atoms with E-state index in [0.717, 1.165) is 17.7 Å². The van der Waals surface area contributed by atoms with E-state index < -0.39 is 29.6 Å². The SMILES string of the molecule is Cc1ccc(C(=O)NC(C(=O)Nc2cccc(C(F)(F)F)c2)C(C)C)cc1. The van der Waals surface area contributed by atoms with Gasteiger partial charge in [0.25, 0.3) is 5.91 Å². The third kappa shape index (κ3) is 5.57. The molecule has 144 valence electrons. The minimum absolute atomic E-state index is 0.0186. The van der Waals surface area contributed by atoms with Crippen molar-refractivity contribution in [3.63, 3.8) is 0 Å². The van der Waals surface area contributed by atoms with Crippen LogP contribution in [-0.2, 0) is 11.0 Å². The minimum Gasteiger partial charge on any atom is -0.340 e. The summed E-state index contributed by atoms with van der Waals surface area (Å²) in [6.07, 6.45) is -4.50. The highest BCUT2D eigenvalue weighted by molar-refractivity contribution is 6.01. The number of halogens is 3. The van der Waals surface area contributed by atoms with Crippen LogP contribution in [0, 0.1) is 12.8 Å². The van der Waals surface area contributed by atoms with Gasteiger partial charge in [-0.05, 0) is 43.2 Å². The second-order valence-corrected chi connectivity index (χ2v) is 6.63. The van der Waals surface area contributed by atoms with Gasteiger partial charge >= 0.3 is 6.18 Å².